The highest BCUT2D eigenvalue weighted by Gasteiger charge is 2.41. The number of rotatable bonds is 2. The van der Waals surface area contributed by atoms with Crippen LogP contribution in [0.5, 0.6) is 0 Å². The summed E-state index contributed by atoms with van der Waals surface area (Å²) in [6, 6.07) is 9.88. The predicted molar refractivity (Wildman–Crippen MR) is 109 cm³/mol. The number of nitriles is 1. The number of aromatic nitrogens is 1. The first-order valence-electron chi connectivity index (χ1n) is 10.3. The van der Waals surface area contributed by atoms with Crippen LogP contribution in [0.3, 0.4) is 0 Å². The van der Waals surface area contributed by atoms with Crippen molar-refractivity contribution in [2.24, 2.45) is 11.8 Å². The Bertz CT molecular complexity index is 975. The van der Waals surface area contributed by atoms with Gasteiger partial charge in [-0.25, -0.2) is 0 Å². The van der Waals surface area contributed by atoms with E-state index >= 15 is 0 Å². The highest BCUT2D eigenvalue weighted by Crippen LogP contribution is 2.32. The molecule has 3 aliphatic rings. The first-order valence-corrected chi connectivity index (χ1v) is 10.3. The van der Waals surface area contributed by atoms with Crippen LogP contribution < -0.4 is 10.2 Å². The van der Waals surface area contributed by atoms with Crippen molar-refractivity contribution >= 4 is 22.5 Å². The zero-order valence-corrected chi connectivity index (χ0v) is 16.5. The number of likely N-dealkylation sites (tertiary alicyclic amines) is 1. The Labute approximate surface area is 170 Å². The van der Waals surface area contributed by atoms with E-state index in [4.69, 9.17) is 4.74 Å². The monoisotopic (exact) mass is 391 g/mol. The van der Waals surface area contributed by atoms with Gasteiger partial charge in [0.1, 0.15) is 6.07 Å². The number of amides is 1. The third-order valence-electron chi connectivity index (χ3n) is 6.44. The molecule has 0 spiro atoms. The van der Waals surface area contributed by atoms with Crippen molar-refractivity contribution in [1.82, 2.24) is 15.2 Å². The topological polar surface area (TPSA) is 81.5 Å². The third kappa shape index (κ3) is 3.22. The van der Waals surface area contributed by atoms with E-state index in [-0.39, 0.29) is 12.0 Å². The molecular formula is C22H25N5O2. The number of ether oxygens (including phenoxy) is 1. The van der Waals surface area contributed by atoms with Gasteiger partial charge >= 0.3 is 0 Å². The average molecular weight is 391 g/mol. The minimum absolute atomic E-state index is 0.0520. The maximum Gasteiger partial charge on any atom is 0.253 e. The fourth-order valence-electron chi connectivity index (χ4n) is 5.05. The van der Waals surface area contributed by atoms with Crippen LogP contribution in [0.4, 0.5) is 5.69 Å². The summed E-state index contributed by atoms with van der Waals surface area (Å²) in [5.74, 6) is 1.25. The molecule has 1 amide bonds. The van der Waals surface area contributed by atoms with Gasteiger partial charge in [-0.05, 0) is 43.0 Å². The lowest BCUT2D eigenvalue weighted by Gasteiger charge is -2.39. The molecule has 29 heavy (non-hydrogen) atoms. The number of benzene rings is 1. The number of hydrogen-bond donors (Lipinski definition) is 1. The lowest BCUT2D eigenvalue weighted by molar-refractivity contribution is -0.147. The first kappa shape index (κ1) is 18.3. The third-order valence-corrected chi connectivity index (χ3v) is 6.44. The summed E-state index contributed by atoms with van der Waals surface area (Å²) >= 11 is 0. The molecule has 0 saturated carbocycles. The van der Waals surface area contributed by atoms with Crippen LogP contribution in [0.2, 0.25) is 0 Å². The number of carbonyl (C=O) groups excluding carboxylic acids is 1. The molecule has 3 saturated heterocycles. The van der Waals surface area contributed by atoms with E-state index in [2.05, 4.69) is 21.3 Å². The molecule has 1 N–H and O–H groups in total. The molecule has 4 atom stereocenters. The lowest BCUT2D eigenvalue weighted by atomic mass is 10.0. The highest BCUT2D eigenvalue weighted by molar-refractivity contribution is 5.95. The minimum atomic E-state index is -0.465. The summed E-state index contributed by atoms with van der Waals surface area (Å²) in [6.45, 7) is 6.90. The molecule has 7 nitrogen and oxygen atoms in total. The summed E-state index contributed by atoms with van der Waals surface area (Å²) in [5, 5.41) is 13.8. The number of hydrogen-bond acceptors (Lipinski definition) is 6. The molecule has 2 aromatic rings. The fourth-order valence-corrected chi connectivity index (χ4v) is 5.05. The molecule has 3 fully saturated rings. The zero-order chi connectivity index (χ0) is 20.0. The molecule has 0 aliphatic carbocycles. The number of anilines is 1. The quantitative estimate of drug-likeness (QED) is 0.833. The van der Waals surface area contributed by atoms with Crippen LogP contribution in [-0.4, -0.2) is 67.3 Å². The Morgan fingerprint density at radius 3 is 2.76 bits per heavy atom. The molecule has 0 radical (unpaired) electrons. The molecule has 4 heterocycles. The molecule has 2 unspecified atom stereocenters. The Morgan fingerprint density at radius 2 is 2.00 bits per heavy atom. The van der Waals surface area contributed by atoms with Crippen molar-refractivity contribution < 1.29 is 9.53 Å². The molecule has 7 heteroatoms. The van der Waals surface area contributed by atoms with Crippen molar-refractivity contribution in [2.45, 2.75) is 19.1 Å². The van der Waals surface area contributed by atoms with Crippen molar-refractivity contribution in [2.75, 3.05) is 44.2 Å². The largest absolute Gasteiger partial charge is 0.365 e. The molecule has 150 valence electrons. The van der Waals surface area contributed by atoms with Crippen molar-refractivity contribution in [3.8, 4) is 6.07 Å². The normalized spacial score (nSPS) is 29.1. The first-order chi connectivity index (χ1) is 14.1. The van der Waals surface area contributed by atoms with E-state index in [1.165, 1.54) is 0 Å². The number of fused-ring (bicyclic) bond motifs is 2. The number of morpholine rings is 1. The van der Waals surface area contributed by atoms with Crippen LogP contribution in [0.15, 0.2) is 30.5 Å². The second-order valence-corrected chi connectivity index (χ2v) is 8.41. The van der Waals surface area contributed by atoms with Gasteiger partial charge in [0.25, 0.3) is 5.91 Å². The summed E-state index contributed by atoms with van der Waals surface area (Å²) in [5.41, 5.74) is 2.27. The standard InChI is InChI=1S/C22H25N5O2/c1-14-10-26(19-5-4-15(7-23)21-18(19)3-2-6-25-21)13-20(29-14)22(28)27-11-16-8-24-9-17(16)12-27/h2-6,14,16-17,20,24H,8-13H2,1H3/t14-,16?,17?,20-/m1/s1. The van der Waals surface area contributed by atoms with Crippen LogP contribution in [0, 0.1) is 23.2 Å². The van der Waals surface area contributed by atoms with Crippen LogP contribution in [0.1, 0.15) is 12.5 Å². The highest BCUT2D eigenvalue weighted by atomic mass is 16.5. The maximum atomic E-state index is 13.2. The summed E-state index contributed by atoms with van der Waals surface area (Å²) in [6.07, 6.45) is 1.19. The molecule has 5 rings (SSSR count). The van der Waals surface area contributed by atoms with Crippen LogP contribution in [0.25, 0.3) is 10.9 Å². The SMILES string of the molecule is C[C@@H]1CN(c2ccc(C#N)c3ncccc23)C[C@H](C(=O)N2CC3CNCC3C2)O1. The molecular weight excluding hydrogens is 366 g/mol. The molecule has 1 aromatic heterocycles. The number of nitrogens with one attached hydrogen (secondary N) is 1. The van der Waals surface area contributed by atoms with Gasteiger partial charge in [0.15, 0.2) is 6.10 Å². The molecule has 1 aromatic carbocycles. The van der Waals surface area contributed by atoms with Crippen LogP contribution in [-0.2, 0) is 9.53 Å². The summed E-state index contributed by atoms with van der Waals surface area (Å²) < 4.78 is 6.07. The van der Waals surface area contributed by atoms with E-state index in [0.29, 0.717) is 36.0 Å². The van der Waals surface area contributed by atoms with Crippen molar-refractivity contribution in [3.05, 3.63) is 36.0 Å². The van der Waals surface area contributed by atoms with Gasteiger partial charge in [-0.1, -0.05) is 0 Å². The number of pyridine rings is 1. The van der Waals surface area contributed by atoms with Crippen molar-refractivity contribution in [3.63, 3.8) is 0 Å². The smallest absolute Gasteiger partial charge is 0.253 e. The van der Waals surface area contributed by atoms with Gasteiger partial charge in [-0.2, -0.15) is 5.26 Å². The van der Waals surface area contributed by atoms with E-state index in [1.807, 2.05) is 36.1 Å². The van der Waals surface area contributed by atoms with E-state index in [9.17, 15) is 10.1 Å². The van der Waals surface area contributed by atoms with E-state index < -0.39 is 6.10 Å². The van der Waals surface area contributed by atoms with Gasteiger partial charge in [0.2, 0.25) is 0 Å². The average Bonchev–Trinajstić information content (AvgIpc) is 3.34. The fraction of sp³-hybridized carbons (Fsp3) is 0.500. The summed E-state index contributed by atoms with van der Waals surface area (Å²) in [4.78, 5) is 21.8. The van der Waals surface area contributed by atoms with Gasteiger partial charge < -0.3 is 19.9 Å². The Balaban J connectivity index is 1.40. The molecule has 3 aliphatic heterocycles. The predicted octanol–water partition coefficient (Wildman–Crippen LogP) is 1.38. The zero-order valence-electron chi connectivity index (χ0n) is 16.5. The Morgan fingerprint density at radius 1 is 1.21 bits per heavy atom. The number of nitrogens with zero attached hydrogens (tertiary/aromatic N) is 4. The Kier molecular flexibility index (Phi) is 4.61. The van der Waals surface area contributed by atoms with E-state index in [0.717, 1.165) is 37.3 Å². The van der Waals surface area contributed by atoms with Crippen LogP contribution >= 0.6 is 0 Å². The Hall–Kier alpha value is -2.69. The maximum absolute atomic E-state index is 13.2. The van der Waals surface area contributed by atoms with Gasteiger partial charge in [-0.3, -0.25) is 9.78 Å². The lowest BCUT2D eigenvalue weighted by Crippen LogP contribution is -2.53. The van der Waals surface area contributed by atoms with Gasteiger partial charge in [-0.15, -0.1) is 0 Å². The van der Waals surface area contributed by atoms with E-state index in [1.54, 1.807) is 6.20 Å². The number of carbonyl (C=O) groups is 1. The van der Waals surface area contributed by atoms with Gasteiger partial charge in [0.05, 0.1) is 23.7 Å². The second kappa shape index (κ2) is 7.29. The second-order valence-electron chi connectivity index (χ2n) is 8.41. The van der Waals surface area contributed by atoms with Crippen molar-refractivity contribution in [1.29, 1.82) is 5.26 Å². The summed E-state index contributed by atoms with van der Waals surface area (Å²) in [7, 11) is 0. The minimum Gasteiger partial charge on any atom is -0.365 e. The molecule has 0 bridgehead atoms. The van der Waals surface area contributed by atoms with Gasteiger partial charge in [0, 0.05) is 50.0 Å².